The van der Waals surface area contributed by atoms with Gasteiger partial charge in [-0.25, -0.2) is 0 Å². The Hall–Kier alpha value is -2.34. The molecule has 0 saturated heterocycles. The van der Waals surface area contributed by atoms with Gasteiger partial charge in [-0.2, -0.15) is 5.10 Å². The fraction of sp³-hybridized carbons (Fsp3) is 0.333. The Kier molecular flexibility index (Phi) is 3.87. The Morgan fingerprint density at radius 3 is 3.24 bits per heavy atom. The topological polar surface area (TPSA) is 68.2 Å². The summed E-state index contributed by atoms with van der Waals surface area (Å²) in [5.74, 6) is 0.777. The van der Waals surface area contributed by atoms with E-state index in [-0.39, 0.29) is 11.9 Å². The molecule has 1 aromatic carbocycles. The number of amides is 1. The van der Waals surface area contributed by atoms with Crippen LogP contribution in [0.4, 0.5) is 5.69 Å². The van der Waals surface area contributed by atoms with Crippen LogP contribution in [0.5, 0.6) is 5.75 Å². The van der Waals surface area contributed by atoms with E-state index in [9.17, 15) is 4.79 Å². The lowest BCUT2D eigenvalue weighted by atomic mass is 10.1. The third kappa shape index (κ3) is 3.05. The first-order valence-electron chi connectivity index (χ1n) is 7.00. The molecule has 110 valence electrons. The minimum atomic E-state index is -0.354. The molecule has 0 bridgehead atoms. The van der Waals surface area contributed by atoms with Gasteiger partial charge in [-0.15, -0.1) is 0 Å². The van der Waals surface area contributed by atoms with E-state index in [1.807, 2.05) is 25.1 Å². The summed E-state index contributed by atoms with van der Waals surface area (Å²) >= 11 is 0. The molecular weight excluding hydrogens is 268 g/mol. The summed E-state index contributed by atoms with van der Waals surface area (Å²) in [6, 6.07) is 7.15. The maximum absolute atomic E-state index is 12.2. The quantitative estimate of drug-likeness (QED) is 0.898. The number of anilines is 1. The predicted molar refractivity (Wildman–Crippen MR) is 79.2 cm³/mol. The van der Waals surface area contributed by atoms with E-state index in [1.165, 1.54) is 0 Å². The number of carbonyl (C=O) groups excluding carboxylic acids is 1. The third-order valence-corrected chi connectivity index (χ3v) is 3.48. The van der Waals surface area contributed by atoms with E-state index in [0.717, 1.165) is 30.1 Å². The van der Waals surface area contributed by atoms with Crippen LogP contribution >= 0.6 is 0 Å². The number of hydrogen-bond acceptors (Lipinski definition) is 4. The number of fused-ring (bicyclic) bond motifs is 1. The molecule has 1 atom stereocenters. The monoisotopic (exact) mass is 286 g/mol. The van der Waals surface area contributed by atoms with E-state index in [4.69, 9.17) is 4.74 Å². The number of aromatic nitrogens is 2. The summed E-state index contributed by atoms with van der Waals surface area (Å²) < 4.78 is 7.25. The molecular formula is C15H18N4O2. The zero-order chi connectivity index (χ0) is 14.7. The van der Waals surface area contributed by atoms with E-state index in [0.29, 0.717) is 6.61 Å². The molecule has 0 spiro atoms. The van der Waals surface area contributed by atoms with Crippen molar-refractivity contribution in [1.29, 1.82) is 0 Å². The first-order chi connectivity index (χ1) is 10.2. The number of ether oxygens (including phenoxy) is 1. The standard InChI is InChI=1S/C15H18N4O2/c1-11(19-7-2-5-17-19)15(20)18-13-3-4-14-12(9-13)10-16-6-8-21-14/h2-5,7,9,11,16H,6,8,10H2,1H3,(H,18,20). The van der Waals surface area contributed by atoms with Gasteiger partial charge < -0.3 is 15.4 Å². The van der Waals surface area contributed by atoms with Crippen molar-refractivity contribution in [2.24, 2.45) is 0 Å². The van der Waals surface area contributed by atoms with Gasteiger partial charge in [0.2, 0.25) is 5.91 Å². The van der Waals surface area contributed by atoms with Crippen molar-refractivity contribution in [1.82, 2.24) is 15.1 Å². The molecule has 2 aromatic rings. The second-order valence-corrected chi connectivity index (χ2v) is 5.00. The number of nitrogens with zero attached hydrogens (tertiary/aromatic N) is 2. The smallest absolute Gasteiger partial charge is 0.248 e. The lowest BCUT2D eigenvalue weighted by Crippen LogP contribution is -2.24. The number of carbonyl (C=O) groups is 1. The summed E-state index contributed by atoms with van der Waals surface area (Å²) in [4.78, 5) is 12.2. The Balaban J connectivity index is 1.73. The number of rotatable bonds is 3. The van der Waals surface area contributed by atoms with Crippen LogP contribution in [-0.4, -0.2) is 28.8 Å². The van der Waals surface area contributed by atoms with Crippen LogP contribution in [0.15, 0.2) is 36.7 Å². The minimum Gasteiger partial charge on any atom is -0.492 e. The second-order valence-electron chi connectivity index (χ2n) is 5.00. The first-order valence-corrected chi connectivity index (χ1v) is 7.00. The SMILES string of the molecule is CC(C(=O)Nc1ccc2c(c1)CNCCO2)n1cccn1. The molecule has 0 saturated carbocycles. The molecule has 1 amide bonds. The molecule has 1 aliphatic rings. The Labute approximate surface area is 123 Å². The van der Waals surface area contributed by atoms with Crippen molar-refractivity contribution < 1.29 is 9.53 Å². The maximum Gasteiger partial charge on any atom is 0.248 e. The van der Waals surface area contributed by atoms with E-state index < -0.39 is 0 Å². The van der Waals surface area contributed by atoms with Crippen LogP contribution in [0.25, 0.3) is 0 Å². The van der Waals surface area contributed by atoms with Gasteiger partial charge in [0.25, 0.3) is 0 Å². The summed E-state index contributed by atoms with van der Waals surface area (Å²) in [7, 11) is 0. The van der Waals surface area contributed by atoms with Crippen LogP contribution < -0.4 is 15.4 Å². The molecule has 3 rings (SSSR count). The van der Waals surface area contributed by atoms with E-state index >= 15 is 0 Å². The van der Waals surface area contributed by atoms with Crippen molar-refractivity contribution in [2.75, 3.05) is 18.5 Å². The molecule has 1 unspecified atom stereocenters. The highest BCUT2D eigenvalue weighted by Gasteiger charge is 2.16. The second kappa shape index (κ2) is 5.97. The molecule has 0 radical (unpaired) electrons. The van der Waals surface area contributed by atoms with Crippen LogP contribution in [0.2, 0.25) is 0 Å². The zero-order valence-electron chi connectivity index (χ0n) is 11.9. The maximum atomic E-state index is 12.2. The van der Waals surface area contributed by atoms with E-state index in [2.05, 4.69) is 15.7 Å². The molecule has 1 aromatic heterocycles. The van der Waals surface area contributed by atoms with Gasteiger partial charge in [-0.05, 0) is 31.2 Å². The highest BCUT2D eigenvalue weighted by atomic mass is 16.5. The Morgan fingerprint density at radius 2 is 2.43 bits per heavy atom. The predicted octanol–water partition coefficient (Wildman–Crippen LogP) is 1.56. The van der Waals surface area contributed by atoms with Crippen molar-refractivity contribution >= 4 is 11.6 Å². The summed E-state index contributed by atoms with van der Waals surface area (Å²) in [5, 5.41) is 10.3. The van der Waals surface area contributed by atoms with Gasteiger partial charge in [0.15, 0.2) is 0 Å². The molecule has 0 fully saturated rings. The fourth-order valence-electron chi connectivity index (χ4n) is 2.27. The lowest BCUT2D eigenvalue weighted by molar-refractivity contribution is -0.119. The van der Waals surface area contributed by atoms with Crippen molar-refractivity contribution in [3.63, 3.8) is 0 Å². The van der Waals surface area contributed by atoms with Crippen molar-refractivity contribution in [3.8, 4) is 5.75 Å². The normalized spacial score (nSPS) is 15.5. The van der Waals surface area contributed by atoms with Crippen LogP contribution in [0.3, 0.4) is 0 Å². The van der Waals surface area contributed by atoms with Crippen LogP contribution in [0.1, 0.15) is 18.5 Å². The summed E-state index contributed by atoms with van der Waals surface area (Å²) in [6.45, 7) is 4.05. The Bertz CT molecular complexity index is 625. The average Bonchev–Trinajstić information content (AvgIpc) is 2.92. The minimum absolute atomic E-state index is 0.0962. The number of hydrogen-bond donors (Lipinski definition) is 2. The molecule has 1 aliphatic heterocycles. The summed E-state index contributed by atoms with van der Waals surface area (Å²) in [5.41, 5.74) is 1.82. The highest BCUT2D eigenvalue weighted by molar-refractivity contribution is 5.93. The molecule has 2 heterocycles. The van der Waals surface area contributed by atoms with Crippen molar-refractivity contribution in [3.05, 3.63) is 42.2 Å². The zero-order valence-corrected chi connectivity index (χ0v) is 11.9. The molecule has 2 N–H and O–H groups in total. The van der Waals surface area contributed by atoms with Gasteiger partial charge >= 0.3 is 0 Å². The molecule has 21 heavy (non-hydrogen) atoms. The van der Waals surface area contributed by atoms with Gasteiger partial charge in [0.05, 0.1) is 0 Å². The largest absolute Gasteiger partial charge is 0.492 e. The molecule has 0 aliphatic carbocycles. The molecule has 6 heteroatoms. The fourth-order valence-corrected chi connectivity index (χ4v) is 2.27. The highest BCUT2D eigenvalue weighted by Crippen LogP contribution is 2.24. The van der Waals surface area contributed by atoms with Crippen molar-refractivity contribution in [2.45, 2.75) is 19.5 Å². The molecule has 6 nitrogen and oxygen atoms in total. The van der Waals surface area contributed by atoms with Crippen LogP contribution in [-0.2, 0) is 11.3 Å². The number of nitrogens with one attached hydrogen (secondary N) is 2. The number of benzene rings is 1. The van der Waals surface area contributed by atoms with E-state index in [1.54, 1.807) is 23.1 Å². The third-order valence-electron chi connectivity index (χ3n) is 3.48. The van der Waals surface area contributed by atoms with Gasteiger partial charge in [-0.3, -0.25) is 9.48 Å². The summed E-state index contributed by atoms with van der Waals surface area (Å²) in [6.07, 6.45) is 3.44. The Morgan fingerprint density at radius 1 is 1.52 bits per heavy atom. The van der Waals surface area contributed by atoms with Gasteiger partial charge in [-0.1, -0.05) is 0 Å². The van der Waals surface area contributed by atoms with Gasteiger partial charge in [0, 0.05) is 36.7 Å². The first kappa shape index (κ1) is 13.6. The lowest BCUT2D eigenvalue weighted by Gasteiger charge is -2.14. The van der Waals surface area contributed by atoms with Crippen LogP contribution in [0, 0.1) is 0 Å². The average molecular weight is 286 g/mol. The van der Waals surface area contributed by atoms with Gasteiger partial charge in [0.1, 0.15) is 18.4 Å².